The first-order chi connectivity index (χ1) is 12.2. The third-order valence-corrected chi connectivity index (χ3v) is 3.55. The topological polar surface area (TPSA) is 39.2 Å². The first-order valence-electron chi connectivity index (χ1n) is 7.82. The van der Waals surface area contributed by atoms with Gasteiger partial charge in [0.1, 0.15) is 5.82 Å². The number of halogens is 1. The number of carbonyl (C=O) groups excluding carboxylic acids is 1. The van der Waals surface area contributed by atoms with Gasteiger partial charge in [0.05, 0.1) is 5.69 Å². The van der Waals surface area contributed by atoms with Gasteiger partial charge in [0.15, 0.2) is 6.10 Å². The number of carbonyl (C=O) groups is 1. The van der Waals surface area contributed by atoms with Crippen LogP contribution in [-0.4, -0.2) is 11.0 Å². The monoisotopic (exact) mass is 333 g/mol. The van der Waals surface area contributed by atoms with Gasteiger partial charge >= 0.3 is 5.97 Å². The van der Waals surface area contributed by atoms with E-state index in [0.717, 1.165) is 5.56 Å². The number of pyridine rings is 1. The molecule has 2 aromatic carbocycles. The van der Waals surface area contributed by atoms with Crippen LogP contribution in [0.5, 0.6) is 0 Å². The van der Waals surface area contributed by atoms with Crippen LogP contribution in [0.1, 0.15) is 22.9 Å². The fourth-order valence-corrected chi connectivity index (χ4v) is 2.38. The highest BCUT2D eigenvalue weighted by Gasteiger charge is 2.19. The number of hydrogen-bond donors (Lipinski definition) is 0. The molecule has 0 aliphatic carbocycles. The molecule has 0 spiro atoms. The van der Waals surface area contributed by atoms with E-state index in [2.05, 4.69) is 4.98 Å². The van der Waals surface area contributed by atoms with Crippen molar-refractivity contribution in [1.82, 2.24) is 4.98 Å². The van der Waals surface area contributed by atoms with Gasteiger partial charge in [0.2, 0.25) is 0 Å². The van der Waals surface area contributed by atoms with E-state index in [1.165, 1.54) is 18.2 Å². The van der Waals surface area contributed by atoms with Gasteiger partial charge in [0, 0.05) is 17.8 Å². The van der Waals surface area contributed by atoms with Crippen LogP contribution in [0.3, 0.4) is 0 Å². The summed E-state index contributed by atoms with van der Waals surface area (Å²) in [7, 11) is 0. The summed E-state index contributed by atoms with van der Waals surface area (Å²) in [4.78, 5) is 16.5. The third kappa shape index (κ3) is 4.61. The Hall–Kier alpha value is -3.27. The molecule has 0 aliphatic rings. The van der Waals surface area contributed by atoms with Crippen molar-refractivity contribution < 1.29 is 13.9 Å². The van der Waals surface area contributed by atoms with Crippen LogP contribution in [0.4, 0.5) is 4.39 Å². The Morgan fingerprint density at radius 1 is 1.00 bits per heavy atom. The molecule has 0 saturated heterocycles. The normalized spacial score (nSPS) is 12.0. The SMILES string of the molecule is O=C(/C=C/c1ccccc1)OC(c1cccc(F)c1)c1ccccn1. The third-order valence-electron chi connectivity index (χ3n) is 3.55. The number of aromatic nitrogens is 1. The van der Waals surface area contributed by atoms with E-state index < -0.39 is 17.9 Å². The number of benzene rings is 2. The summed E-state index contributed by atoms with van der Waals surface area (Å²) < 4.78 is 19.1. The van der Waals surface area contributed by atoms with Crippen molar-refractivity contribution in [3.63, 3.8) is 0 Å². The minimum Gasteiger partial charge on any atom is -0.448 e. The highest BCUT2D eigenvalue weighted by molar-refractivity contribution is 5.87. The minimum atomic E-state index is -0.773. The van der Waals surface area contributed by atoms with Crippen LogP contribution in [0.25, 0.3) is 6.08 Å². The van der Waals surface area contributed by atoms with Crippen molar-refractivity contribution in [2.75, 3.05) is 0 Å². The molecule has 0 N–H and O–H groups in total. The summed E-state index contributed by atoms with van der Waals surface area (Å²) in [6.45, 7) is 0. The molecule has 0 saturated carbocycles. The second kappa shape index (κ2) is 8.02. The Bertz CT molecular complexity index is 863. The lowest BCUT2D eigenvalue weighted by Gasteiger charge is -2.17. The molecule has 3 nitrogen and oxygen atoms in total. The van der Waals surface area contributed by atoms with E-state index >= 15 is 0 Å². The van der Waals surface area contributed by atoms with Crippen molar-refractivity contribution >= 4 is 12.0 Å². The summed E-state index contributed by atoms with van der Waals surface area (Å²) in [6.07, 6.45) is 3.85. The fourth-order valence-electron chi connectivity index (χ4n) is 2.38. The molecule has 1 heterocycles. The Labute approximate surface area is 145 Å². The second-order valence-corrected chi connectivity index (χ2v) is 5.37. The Balaban J connectivity index is 1.83. The molecule has 0 amide bonds. The molecule has 0 fully saturated rings. The van der Waals surface area contributed by atoms with E-state index in [4.69, 9.17) is 4.74 Å². The van der Waals surface area contributed by atoms with Crippen molar-refractivity contribution in [3.05, 3.63) is 108 Å². The first kappa shape index (κ1) is 16.6. The average molecular weight is 333 g/mol. The van der Waals surface area contributed by atoms with E-state index in [9.17, 15) is 9.18 Å². The number of rotatable bonds is 5. The Kier molecular flexibility index (Phi) is 5.32. The molecular weight excluding hydrogens is 317 g/mol. The lowest BCUT2D eigenvalue weighted by Crippen LogP contribution is -2.12. The largest absolute Gasteiger partial charge is 0.448 e. The van der Waals surface area contributed by atoms with Gasteiger partial charge in [-0.25, -0.2) is 9.18 Å². The van der Waals surface area contributed by atoms with Crippen LogP contribution in [-0.2, 0) is 9.53 Å². The molecule has 0 radical (unpaired) electrons. The zero-order valence-electron chi connectivity index (χ0n) is 13.4. The Morgan fingerprint density at radius 3 is 2.52 bits per heavy atom. The molecule has 3 rings (SSSR count). The highest BCUT2D eigenvalue weighted by atomic mass is 19.1. The molecule has 1 aromatic heterocycles. The zero-order chi connectivity index (χ0) is 17.5. The van der Waals surface area contributed by atoms with E-state index in [1.807, 2.05) is 30.3 Å². The first-order valence-corrected chi connectivity index (χ1v) is 7.82. The number of ether oxygens (including phenoxy) is 1. The van der Waals surface area contributed by atoms with Gasteiger partial charge in [-0.3, -0.25) is 4.98 Å². The van der Waals surface area contributed by atoms with Gasteiger partial charge < -0.3 is 4.74 Å². The van der Waals surface area contributed by atoms with Crippen LogP contribution in [0, 0.1) is 5.82 Å². The molecule has 1 atom stereocenters. The maximum atomic E-state index is 13.6. The number of hydrogen-bond acceptors (Lipinski definition) is 3. The minimum absolute atomic E-state index is 0.394. The molecule has 0 bridgehead atoms. The van der Waals surface area contributed by atoms with Crippen LogP contribution in [0.15, 0.2) is 85.1 Å². The van der Waals surface area contributed by atoms with Crippen molar-refractivity contribution in [3.8, 4) is 0 Å². The maximum Gasteiger partial charge on any atom is 0.331 e. The van der Waals surface area contributed by atoms with Crippen molar-refractivity contribution in [1.29, 1.82) is 0 Å². The standard InChI is InChI=1S/C21H16FNO2/c22-18-10-6-9-17(15-18)21(19-11-4-5-14-23-19)25-20(24)13-12-16-7-2-1-3-8-16/h1-15,21H/b13-12+. The maximum absolute atomic E-state index is 13.6. The molecule has 3 aromatic rings. The van der Waals surface area contributed by atoms with Gasteiger partial charge in [0.25, 0.3) is 0 Å². The smallest absolute Gasteiger partial charge is 0.331 e. The van der Waals surface area contributed by atoms with Gasteiger partial charge in [-0.15, -0.1) is 0 Å². The molecule has 4 heteroatoms. The van der Waals surface area contributed by atoms with E-state index in [0.29, 0.717) is 11.3 Å². The second-order valence-electron chi connectivity index (χ2n) is 5.37. The van der Waals surface area contributed by atoms with E-state index in [-0.39, 0.29) is 0 Å². The highest BCUT2D eigenvalue weighted by Crippen LogP contribution is 2.25. The molecule has 124 valence electrons. The molecule has 1 unspecified atom stereocenters. The fraction of sp³-hybridized carbons (Fsp3) is 0.0476. The summed E-state index contributed by atoms with van der Waals surface area (Å²) in [5, 5.41) is 0. The van der Waals surface area contributed by atoms with Gasteiger partial charge in [-0.2, -0.15) is 0 Å². The predicted molar refractivity (Wildman–Crippen MR) is 94.0 cm³/mol. The average Bonchev–Trinajstić information content (AvgIpc) is 2.66. The molecular formula is C21H16FNO2. The number of esters is 1. The Morgan fingerprint density at radius 2 is 1.80 bits per heavy atom. The van der Waals surface area contributed by atoms with E-state index in [1.54, 1.807) is 42.6 Å². The summed E-state index contributed by atoms with van der Waals surface area (Å²) in [5.41, 5.74) is 1.95. The summed E-state index contributed by atoms with van der Waals surface area (Å²) in [5.74, 6) is -0.918. The quantitative estimate of drug-likeness (QED) is 0.507. The van der Waals surface area contributed by atoms with Crippen molar-refractivity contribution in [2.45, 2.75) is 6.10 Å². The lowest BCUT2D eigenvalue weighted by atomic mass is 10.1. The number of nitrogens with zero attached hydrogens (tertiary/aromatic N) is 1. The van der Waals surface area contributed by atoms with Crippen molar-refractivity contribution in [2.24, 2.45) is 0 Å². The van der Waals surface area contributed by atoms with Gasteiger partial charge in [-0.1, -0.05) is 48.5 Å². The molecule has 25 heavy (non-hydrogen) atoms. The lowest BCUT2D eigenvalue weighted by molar-refractivity contribution is -0.141. The van der Waals surface area contributed by atoms with Crippen LogP contribution in [0.2, 0.25) is 0 Å². The summed E-state index contributed by atoms with van der Waals surface area (Å²) >= 11 is 0. The zero-order valence-corrected chi connectivity index (χ0v) is 13.4. The predicted octanol–water partition coefficient (Wildman–Crippen LogP) is 4.57. The van der Waals surface area contributed by atoms with Gasteiger partial charge in [-0.05, 0) is 35.9 Å². The van der Waals surface area contributed by atoms with Crippen LogP contribution >= 0.6 is 0 Å². The summed E-state index contributed by atoms with van der Waals surface area (Å²) in [6, 6.07) is 20.7. The van der Waals surface area contributed by atoms with Crippen LogP contribution < -0.4 is 0 Å². The molecule has 0 aliphatic heterocycles.